The monoisotopic (exact) mass is 509 g/mol. The van der Waals surface area contributed by atoms with Crippen molar-refractivity contribution in [3.05, 3.63) is 59.9 Å². The summed E-state index contributed by atoms with van der Waals surface area (Å²) in [7, 11) is 1.33. The van der Waals surface area contributed by atoms with Gasteiger partial charge in [0.25, 0.3) is 0 Å². The van der Waals surface area contributed by atoms with Gasteiger partial charge in [-0.1, -0.05) is 25.5 Å². The van der Waals surface area contributed by atoms with Gasteiger partial charge in [-0.05, 0) is 67.0 Å². The molecule has 1 atom stereocenters. The maximum absolute atomic E-state index is 12.8. The van der Waals surface area contributed by atoms with E-state index in [0.29, 0.717) is 45.4 Å². The van der Waals surface area contributed by atoms with Crippen LogP contribution in [0, 0.1) is 5.92 Å². The van der Waals surface area contributed by atoms with Crippen LogP contribution in [0.4, 0.5) is 0 Å². The standard InChI is InChI=1S/C29H39N3O5/c1-3-4-19-37-25-8-5-23(6-9-25)20-26(29(35)36-2)31-27(33)21-24-13-17-32(18-14-24)28(34)10-7-22-11-15-30-16-12-22/h5-6,8-9,11-12,15-16,24,26H,3-4,7,10,13-14,17-21H2,1-2H3,(H,31,33). The van der Waals surface area contributed by atoms with E-state index in [-0.39, 0.29) is 17.7 Å². The quantitative estimate of drug-likeness (QED) is 0.327. The molecule has 1 N–H and O–H groups in total. The SMILES string of the molecule is CCCCOc1ccc(CC(NC(=O)CC2CCN(C(=O)CCc3ccncc3)CC2)C(=O)OC)cc1. The van der Waals surface area contributed by atoms with E-state index in [1.165, 1.54) is 7.11 Å². The van der Waals surface area contributed by atoms with Crippen molar-refractivity contribution >= 4 is 17.8 Å². The predicted molar refractivity (Wildman–Crippen MR) is 141 cm³/mol. The maximum atomic E-state index is 12.8. The second-order valence-corrected chi connectivity index (χ2v) is 9.58. The highest BCUT2D eigenvalue weighted by Crippen LogP contribution is 2.22. The normalized spacial score (nSPS) is 14.6. The van der Waals surface area contributed by atoms with E-state index in [2.05, 4.69) is 17.2 Å². The van der Waals surface area contributed by atoms with Gasteiger partial charge in [0.05, 0.1) is 13.7 Å². The first-order chi connectivity index (χ1) is 18.0. The number of aromatic nitrogens is 1. The molecule has 3 rings (SSSR count). The largest absolute Gasteiger partial charge is 0.494 e. The summed E-state index contributed by atoms with van der Waals surface area (Å²) in [6.07, 6.45) is 8.95. The summed E-state index contributed by atoms with van der Waals surface area (Å²) in [6.45, 7) is 4.10. The molecule has 2 amide bonds. The van der Waals surface area contributed by atoms with Gasteiger partial charge in [0.15, 0.2) is 0 Å². The van der Waals surface area contributed by atoms with Gasteiger partial charge in [-0.2, -0.15) is 0 Å². The number of benzene rings is 1. The number of pyridine rings is 1. The molecular weight excluding hydrogens is 470 g/mol. The molecule has 1 aromatic carbocycles. The van der Waals surface area contributed by atoms with Crippen LogP contribution in [0.5, 0.6) is 5.75 Å². The Morgan fingerprint density at radius 3 is 2.41 bits per heavy atom. The number of rotatable bonds is 13. The van der Waals surface area contributed by atoms with Gasteiger partial charge in [-0.25, -0.2) is 4.79 Å². The average Bonchev–Trinajstić information content (AvgIpc) is 2.93. The highest BCUT2D eigenvalue weighted by atomic mass is 16.5. The molecule has 0 bridgehead atoms. The zero-order chi connectivity index (χ0) is 26.5. The Morgan fingerprint density at radius 2 is 1.76 bits per heavy atom. The van der Waals surface area contributed by atoms with Crippen molar-refractivity contribution in [1.82, 2.24) is 15.2 Å². The predicted octanol–water partition coefficient (Wildman–Crippen LogP) is 3.72. The number of carbonyl (C=O) groups excluding carboxylic acids is 3. The Hall–Kier alpha value is -3.42. The molecule has 1 aliphatic heterocycles. The average molecular weight is 510 g/mol. The van der Waals surface area contributed by atoms with Crippen LogP contribution < -0.4 is 10.1 Å². The first kappa shape index (κ1) is 28.2. The number of piperidine rings is 1. The lowest BCUT2D eigenvalue weighted by Crippen LogP contribution is -2.44. The van der Waals surface area contributed by atoms with Crippen LogP contribution in [0.2, 0.25) is 0 Å². The van der Waals surface area contributed by atoms with Gasteiger partial charge in [0.1, 0.15) is 11.8 Å². The summed E-state index contributed by atoms with van der Waals surface area (Å²) in [4.78, 5) is 43.6. The molecule has 8 nitrogen and oxygen atoms in total. The van der Waals surface area contributed by atoms with E-state index < -0.39 is 12.0 Å². The fraction of sp³-hybridized carbons (Fsp3) is 0.517. The molecule has 8 heteroatoms. The lowest BCUT2D eigenvalue weighted by molar-refractivity contribution is -0.145. The van der Waals surface area contributed by atoms with Gasteiger partial charge >= 0.3 is 5.97 Å². The molecular formula is C29H39N3O5. The van der Waals surface area contributed by atoms with Crippen LogP contribution >= 0.6 is 0 Å². The number of hydrogen-bond acceptors (Lipinski definition) is 6. The fourth-order valence-electron chi connectivity index (χ4n) is 4.49. The minimum absolute atomic E-state index is 0.146. The second kappa shape index (κ2) is 15.0. The number of aryl methyl sites for hydroxylation is 1. The van der Waals surface area contributed by atoms with Gasteiger partial charge in [-0.3, -0.25) is 14.6 Å². The summed E-state index contributed by atoms with van der Waals surface area (Å²) in [5, 5.41) is 2.86. The molecule has 2 aromatic rings. The molecule has 37 heavy (non-hydrogen) atoms. The van der Waals surface area contributed by atoms with E-state index in [1.54, 1.807) is 12.4 Å². The minimum Gasteiger partial charge on any atom is -0.494 e. The lowest BCUT2D eigenvalue weighted by Gasteiger charge is -2.32. The number of likely N-dealkylation sites (tertiary alicyclic amines) is 1. The van der Waals surface area contributed by atoms with E-state index >= 15 is 0 Å². The molecule has 1 saturated heterocycles. The first-order valence-corrected chi connectivity index (χ1v) is 13.2. The molecule has 0 spiro atoms. The van der Waals surface area contributed by atoms with Crippen LogP contribution in [0.15, 0.2) is 48.8 Å². The maximum Gasteiger partial charge on any atom is 0.328 e. The minimum atomic E-state index is -0.751. The molecule has 1 aromatic heterocycles. The zero-order valence-corrected chi connectivity index (χ0v) is 22.0. The van der Waals surface area contributed by atoms with Gasteiger partial charge < -0.3 is 19.7 Å². The van der Waals surface area contributed by atoms with Crippen LogP contribution in [0.25, 0.3) is 0 Å². The number of nitrogens with one attached hydrogen (secondary N) is 1. The van der Waals surface area contributed by atoms with Gasteiger partial charge in [0.2, 0.25) is 11.8 Å². The Balaban J connectivity index is 1.43. The Morgan fingerprint density at radius 1 is 1.05 bits per heavy atom. The van der Waals surface area contributed by atoms with Crippen molar-refractivity contribution in [2.24, 2.45) is 5.92 Å². The Bertz CT molecular complexity index is 988. The number of esters is 1. The number of unbranched alkanes of at least 4 members (excludes halogenated alkanes) is 1. The van der Waals surface area contributed by atoms with Gasteiger partial charge in [0, 0.05) is 44.7 Å². The van der Waals surface area contributed by atoms with Crippen molar-refractivity contribution < 1.29 is 23.9 Å². The van der Waals surface area contributed by atoms with E-state index in [9.17, 15) is 14.4 Å². The summed E-state index contributed by atoms with van der Waals surface area (Å²) in [5.74, 6) is 0.482. The molecule has 200 valence electrons. The number of nitrogens with zero attached hydrogens (tertiary/aromatic N) is 2. The molecule has 0 saturated carbocycles. The van der Waals surface area contributed by atoms with Crippen molar-refractivity contribution in [3.8, 4) is 5.75 Å². The Kier molecular flexibility index (Phi) is 11.4. The third-order valence-electron chi connectivity index (χ3n) is 6.77. The first-order valence-electron chi connectivity index (χ1n) is 13.2. The molecule has 0 radical (unpaired) electrons. The summed E-state index contributed by atoms with van der Waals surface area (Å²) < 4.78 is 10.6. The lowest BCUT2D eigenvalue weighted by atomic mass is 9.92. The number of amides is 2. The van der Waals surface area contributed by atoms with Crippen LogP contribution in [-0.2, 0) is 32.0 Å². The van der Waals surface area contributed by atoms with E-state index in [0.717, 1.165) is 42.6 Å². The molecule has 0 aliphatic carbocycles. The van der Waals surface area contributed by atoms with Crippen molar-refractivity contribution in [3.63, 3.8) is 0 Å². The van der Waals surface area contributed by atoms with Crippen LogP contribution in [-0.4, -0.2) is 60.5 Å². The topological polar surface area (TPSA) is 97.8 Å². The Labute approximate surface area is 219 Å². The highest BCUT2D eigenvalue weighted by molar-refractivity contribution is 5.84. The fourth-order valence-corrected chi connectivity index (χ4v) is 4.49. The number of methoxy groups -OCH3 is 1. The van der Waals surface area contributed by atoms with Crippen molar-refractivity contribution in [2.75, 3.05) is 26.8 Å². The molecule has 2 heterocycles. The zero-order valence-electron chi connectivity index (χ0n) is 22.0. The van der Waals surface area contributed by atoms with Crippen molar-refractivity contribution in [2.45, 2.75) is 64.3 Å². The van der Waals surface area contributed by atoms with Crippen molar-refractivity contribution in [1.29, 1.82) is 0 Å². The van der Waals surface area contributed by atoms with E-state index in [1.807, 2.05) is 41.3 Å². The second-order valence-electron chi connectivity index (χ2n) is 9.58. The molecule has 1 fully saturated rings. The number of ether oxygens (including phenoxy) is 2. The summed E-state index contributed by atoms with van der Waals surface area (Å²) in [6, 6.07) is 10.7. The third-order valence-corrected chi connectivity index (χ3v) is 6.77. The van der Waals surface area contributed by atoms with Gasteiger partial charge in [-0.15, -0.1) is 0 Å². The van der Waals surface area contributed by atoms with Crippen LogP contribution in [0.3, 0.4) is 0 Å². The van der Waals surface area contributed by atoms with E-state index in [4.69, 9.17) is 9.47 Å². The third kappa shape index (κ3) is 9.52. The molecule has 1 unspecified atom stereocenters. The summed E-state index contributed by atoms with van der Waals surface area (Å²) >= 11 is 0. The highest BCUT2D eigenvalue weighted by Gasteiger charge is 2.27. The number of carbonyl (C=O) groups is 3. The summed E-state index contributed by atoms with van der Waals surface area (Å²) in [5.41, 5.74) is 2.02. The molecule has 1 aliphatic rings. The smallest absolute Gasteiger partial charge is 0.328 e. The number of hydrogen-bond donors (Lipinski definition) is 1. The van der Waals surface area contributed by atoms with Crippen LogP contribution in [0.1, 0.15) is 56.6 Å².